The van der Waals surface area contributed by atoms with Crippen LogP contribution < -0.4 is 5.32 Å². The van der Waals surface area contributed by atoms with Crippen molar-refractivity contribution in [1.29, 1.82) is 0 Å². The molecule has 1 aromatic carbocycles. The molecule has 1 fully saturated rings. The molecule has 2 heterocycles. The topological polar surface area (TPSA) is 58.6 Å². The van der Waals surface area contributed by atoms with E-state index in [0.29, 0.717) is 19.5 Å². The number of nitrogens with zero attached hydrogens (tertiary/aromatic N) is 1. The van der Waals surface area contributed by atoms with E-state index < -0.39 is 5.41 Å². The van der Waals surface area contributed by atoms with E-state index in [1.807, 2.05) is 32.0 Å². The molecular formula is C23H30N2O3S. The van der Waals surface area contributed by atoms with Crippen LogP contribution in [-0.4, -0.2) is 49.6 Å². The van der Waals surface area contributed by atoms with Crippen molar-refractivity contribution in [3.05, 3.63) is 47.3 Å². The molecule has 1 N–H and O–H groups in total. The lowest BCUT2D eigenvalue weighted by Crippen LogP contribution is -2.56. The quantitative estimate of drug-likeness (QED) is 0.751. The molecule has 5 nitrogen and oxygen atoms in total. The van der Waals surface area contributed by atoms with Gasteiger partial charge in [0.15, 0.2) is 0 Å². The lowest BCUT2D eigenvalue weighted by atomic mass is 9.73. The summed E-state index contributed by atoms with van der Waals surface area (Å²) in [4.78, 5) is 28.9. The number of hydrogen-bond donors (Lipinski definition) is 1. The van der Waals surface area contributed by atoms with Gasteiger partial charge in [-0.15, -0.1) is 11.3 Å². The summed E-state index contributed by atoms with van der Waals surface area (Å²) in [7, 11) is 1.53. The molecule has 0 saturated carbocycles. The molecule has 0 aliphatic carbocycles. The van der Waals surface area contributed by atoms with E-state index in [1.54, 1.807) is 16.2 Å². The molecule has 1 aromatic heterocycles. The van der Waals surface area contributed by atoms with Crippen LogP contribution in [0.2, 0.25) is 0 Å². The molecule has 1 aliphatic rings. The highest BCUT2D eigenvalue weighted by Gasteiger charge is 2.44. The number of carbonyl (C=O) groups is 2. The minimum absolute atomic E-state index is 0.0309. The number of piperidine rings is 1. The first-order chi connectivity index (χ1) is 13.9. The van der Waals surface area contributed by atoms with E-state index in [1.165, 1.54) is 17.6 Å². The molecule has 156 valence electrons. The largest absolute Gasteiger partial charge is 0.375 e. The Hall–Kier alpha value is -2.18. The Balaban J connectivity index is 1.95. The van der Waals surface area contributed by atoms with Crippen LogP contribution in [0.5, 0.6) is 0 Å². The summed E-state index contributed by atoms with van der Waals surface area (Å²) in [6.07, 6.45) is 2.18. The number of benzene rings is 1. The van der Waals surface area contributed by atoms with Gasteiger partial charge in [0.05, 0.1) is 5.41 Å². The number of hydrogen-bond acceptors (Lipinski definition) is 4. The third-order valence-electron chi connectivity index (χ3n) is 5.43. The number of ether oxygens (including phenoxy) is 1. The van der Waals surface area contributed by atoms with Crippen molar-refractivity contribution in [2.45, 2.75) is 39.2 Å². The fourth-order valence-corrected chi connectivity index (χ4v) is 4.88. The monoisotopic (exact) mass is 414 g/mol. The highest BCUT2D eigenvalue weighted by molar-refractivity contribution is 7.13. The zero-order valence-electron chi connectivity index (χ0n) is 17.4. The van der Waals surface area contributed by atoms with E-state index in [0.717, 1.165) is 18.4 Å². The van der Waals surface area contributed by atoms with Crippen molar-refractivity contribution >= 4 is 23.2 Å². The second-order valence-corrected chi connectivity index (χ2v) is 9.02. The Morgan fingerprint density at radius 1 is 1.24 bits per heavy atom. The first-order valence-electron chi connectivity index (χ1n) is 10.1. The van der Waals surface area contributed by atoms with Crippen LogP contribution in [0.3, 0.4) is 0 Å². The number of rotatable bonds is 7. The van der Waals surface area contributed by atoms with Crippen molar-refractivity contribution in [2.75, 3.05) is 26.8 Å². The van der Waals surface area contributed by atoms with Gasteiger partial charge in [-0.1, -0.05) is 30.3 Å². The molecule has 29 heavy (non-hydrogen) atoms. The van der Waals surface area contributed by atoms with E-state index in [-0.39, 0.29) is 24.5 Å². The SMILES string of the molecule is COCC(=O)N1CCC[C@](Cc2ccccc2-c2cccs2)(C(=O)NC(C)C)C1. The normalized spacial score (nSPS) is 19.4. The van der Waals surface area contributed by atoms with Crippen LogP contribution in [0.1, 0.15) is 32.3 Å². The lowest BCUT2D eigenvalue weighted by molar-refractivity contribution is -0.144. The average molecular weight is 415 g/mol. The van der Waals surface area contributed by atoms with Gasteiger partial charge in [-0.3, -0.25) is 9.59 Å². The summed E-state index contributed by atoms with van der Waals surface area (Å²) in [6, 6.07) is 12.5. The number of carbonyl (C=O) groups excluding carboxylic acids is 2. The Morgan fingerprint density at radius 2 is 2.03 bits per heavy atom. The van der Waals surface area contributed by atoms with Gasteiger partial charge in [0, 0.05) is 31.1 Å². The lowest BCUT2D eigenvalue weighted by Gasteiger charge is -2.42. The fourth-order valence-electron chi connectivity index (χ4n) is 4.10. The van der Waals surface area contributed by atoms with E-state index in [2.05, 4.69) is 28.9 Å². The van der Waals surface area contributed by atoms with Crippen LogP contribution in [-0.2, 0) is 20.7 Å². The smallest absolute Gasteiger partial charge is 0.248 e. The molecule has 3 rings (SSSR count). The second kappa shape index (κ2) is 9.55. The van der Waals surface area contributed by atoms with Crippen LogP contribution in [0.4, 0.5) is 0 Å². The first-order valence-corrected chi connectivity index (χ1v) is 11.0. The molecule has 6 heteroatoms. The number of nitrogens with one attached hydrogen (secondary N) is 1. The summed E-state index contributed by atoms with van der Waals surface area (Å²) < 4.78 is 5.05. The van der Waals surface area contributed by atoms with Gasteiger partial charge in [0.2, 0.25) is 11.8 Å². The Bertz CT molecular complexity index is 834. The van der Waals surface area contributed by atoms with E-state index >= 15 is 0 Å². The number of methoxy groups -OCH3 is 1. The third kappa shape index (κ3) is 5.06. The molecule has 1 saturated heterocycles. The zero-order valence-corrected chi connectivity index (χ0v) is 18.3. The highest BCUT2D eigenvalue weighted by Crippen LogP contribution is 2.38. The van der Waals surface area contributed by atoms with E-state index in [4.69, 9.17) is 4.74 Å². The van der Waals surface area contributed by atoms with Crippen molar-refractivity contribution in [2.24, 2.45) is 5.41 Å². The van der Waals surface area contributed by atoms with E-state index in [9.17, 15) is 9.59 Å². The van der Waals surface area contributed by atoms with Crippen molar-refractivity contribution in [1.82, 2.24) is 10.2 Å². The fraction of sp³-hybridized carbons (Fsp3) is 0.478. The maximum Gasteiger partial charge on any atom is 0.248 e. The standard InChI is InChI=1S/C23H30N2O3S/c1-17(2)24-22(27)23(11-7-12-25(16-23)21(26)15-28-3)14-18-8-4-5-9-19(18)20-10-6-13-29-20/h4-6,8-10,13,17H,7,11-12,14-16H2,1-3H3,(H,24,27)/t23-/m1/s1. The van der Waals surface area contributed by atoms with Crippen LogP contribution in [0.15, 0.2) is 41.8 Å². The zero-order chi connectivity index (χ0) is 20.9. The Kier molecular flexibility index (Phi) is 7.09. The highest BCUT2D eigenvalue weighted by atomic mass is 32.1. The van der Waals surface area contributed by atoms with Gasteiger partial charge >= 0.3 is 0 Å². The molecule has 1 atom stereocenters. The molecule has 1 aliphatic heterocycles. The molecular weight excluding hydrogens is 384 g/mol. The predicted molar refractivity (Wildman–Crippen MR) is 117 cm³/mol. The molecule has 0 radical (unpaired) electrons. The van der Waals surface area contributed by atoms with Crippen LogP contribution in [0, 0.1) is 5.41 Å². The van der Waals surface area contributed by atoms with Crippen molar-refractivity contribution in [3.63, 3.8) is 0 Å². The molecule has 0 unspecified atom stereocenters. The predicted octanol–water partition coefficient (Wildman–Crippen LogP) is 3.74. The minimum Gasteiger partial charge on any atom is -0.375 e. The van der Waals surface area contributed by atoms with Gasteiger partial charge in [0.25, 0.3) is 0 Å². The summed E-state index contributed by atoms with van der Waals surface area (Å²) in [5.74, 6) is -0.0242. The molecule has 2 amide bonds. The summed E-state index contributed by atoms with van der Waals surface area (Å²) in [6.45, 7) is 5.09. The Morgan fingerprint density at radius 3 is 2.72 bits per heavy atom. The molecule has 0 bridgehead atoms. The molecule has 0 spiro atoms. The van der Waals surface area contributed by atoms with Gasteiger partial charge < -0.3 is 15.0 Å². The van der Waals surface area contributed by atoms with Crippen LogP contribution >= 0.6 is 11.3 Å². The van der Waals surface area contributed by atoms with Crippen molar-refractivity contribution in [3.8, 4) is 10.4 Å². The average Bonchev–Trinajstić information content (AvgIpc) is 3.23. The Labute approximate surface area is 177 Å². The van der Waals surface area contributed by atoms with Crippen molar-refractivity contribution < 1.29 is 14.3 Å². The summed E-state index contributed by atoms with van der Waals surface area (Å²) in [5, 5.41) is 5.18. The first kappa shape index (κ1) is 21.5. The van der Waals surface area contributed by atoms with Gasteiger partial charge in [-0.25, -0.2) is 0 Å². The maximum absolute atomic E-state index is 13.4. The van der Waals surface area contributed by atoms with Gasteiger partial charge in [-0.05, 0) is 55.7 Å². The number of amides is 2. The second-order valence-electron chi connectivity index (χ2n) is 8.07. The maximum atomic E-state index is 13.4. The molecule has 2 aromatic rings. The van der Waals surface area contributed by atoms with Gasteiger partial charge in [0.1, 0.15) is 6.61 Å². The third-order valence-corrected chi connectivity index (χ3v) is 6.33. The van der Waals surface area contributed by atoms with Gasteiger partial charge in [-0.2, -0.15) is 0 Å². The van der Waals surface area contributed by atoms with Crippen LogP contribution in [0.25, 0.3) is 10.4 Å². The number of thiophene rings is 1. The summed E-state index contributed by atoms with van der Waals surface area (Å²) >= 11 is 1.70. The number of likely N-dealkylation sites (tertiary alicyclic amines) is 1. The minimum atomic E-state index is -0.640. The summed E-state index contributed by atoms with van der Waals surface area (Å²) in [5.41, 5.74) is 1.67.